The highest BCUT2D eigenvalue weighted by Gasteiger charge is 2.12. The van der Waals surface area contributed by atoms with E-state index in [0.29, 0.717) is 18.7 Å². The first-order chi connectivity index (χ1) is 8.43. The molecular weight excluding hydrogens is 323 g/mol. The molecule has 18 heavy (non-hydrogen) atoms. The van der Waals surface area contributed by atoms with Gasteiger partial charge in [0.25, 0.3) is 0 Å². The SMILES string of the molecule is NC(=O)NCCNc1ccc(C(N)=S)c(Br)c1F. The fraction of sp³-hybridized carbons (Fsp3) is 0.200. The van der Waals surface area contributed by atoms with Crippen molar-refractivity contribution in [3.05, 3.63) is 28.0 Å². The molecule has 0 aliphatic rings. The summed E-state index contributed by atoms with van der Waals surface area (Å²) >= 11 is 7.88. The molecule has 0 spiro atoms. The van der Waals surface area contributed by atoms with E-state index in [0.717, 1.165) is 0 Å². The summed E-state index contributed by atoms with van der Waals surface area (Å²) in [6.07, 6.45) is 0. The Labute approximate surface area is 117 Å². The number of benzene rings is 1. The van der Waals surface area contributed by atoms with Gasteiger partial charge in [-0.3, -0.25) is 0 Å². The normalized spacial score (nSPS) is 9.89. The number of urea groups is 1. The van der Waals surface area contributed by atoms with Crippen LogP contribution in [-0.4, -0.2) is 24.1 Å². The van der Waals surface area contributed by atoms with Crippen LogP contribution in [0, 0.1) is 5.82 Å². The molecular formula is C10H12BrFN4OS. The number of thiocarbonyl (C=S) groups is 1. The van der Waals surface area contributed by atoms with Crippen LogP contribution < -0.4 is 22.1 Å². The summed E-state index contributed by atoms with van der Waals surface area (Å²) in [5.41, 5.74) is 11.1. The summed E-state index contributed by atoms with van der Waals surface area (Å²) < 4.78 is 14.1. The highest BCUT2D eigenvalue weighted by Crippen LogP contribution is 2.26. The first-order valence-electron chi connectivity index (χ1n) is 4.98. The van der Waals surface area contributed by atoms with Crippen molar-refractivity contribution in [2.24, 2.45) is 11.5 Å². The van der Waals surface area contributed by atoms with E-state index in [9.17, 15) is 9.18 Å². The lowest BCUT2D eigenvalue weighted by molar-refractivity contribution is 0.249. The lowest BCUT2D eigenvalue weighted by Crippen LogP contribution is -2.33. The number of halogens is 2. The summed E-state index contributed by atoms with van der Waals surface area (Å²) in [6, 6.07) is 2.51. The number of carbonyl (C=O) groups excluding carboxylic acids is 1. The maximum Gasteiger partial charge on any atom is 0.312 e. The monoisotopic (exact) mass is 334 g/mol. The Morgan fingerprint density at radius 3 is 2.61 bits per heavy atom. The van der Waals surface area contributed by atoms with E-state index in [1.54, 1.807) is 6.07 Å². The van der Waals surface area contributed by atoms with Crippen molar-refractivity contribution in [2.75, 3.05) is 18.4 Å². The third kappa shape index (κ3) is 3.81. The number of primary amides is 1. The average molecular weight is 335 g/mol. The average Bonchev–Trinajstić information content (AvgIpc) is 2.29. The molecule has 8 heteroatoms. The summed E-state index contributed by atoms with van der Waals surface area (Å²) in [5.74, 6) is -0.487. The van der Waals surface area contributed by atoms with Gasteiger partial charge in [-0.1, -0.05) is 12.2 Å². The standard InChI is InChI=1S/C10H12BrFN4OS/c11-7-5(9(13)18)1-2-6(8(7)12)15-3-4-16-10(14)17/h1-2,15H,3-4H2,(H2,13,18)(H3,14,16,17). The summed E-state index contributed by atoms with van der Waals surface area (Å²) in [5, 5.41) is 5.20. The second-order valence-electron chi connectivity index (χ2n) is 3.37. The maximum atomic E-state index is 13.9. The lowest BCUT2D eigenvalue weighted by Gasteiger charge is -2.11. The Kier molecular flexibility index (Phi) is 5.29. The van der Waals surface area contributed by atoms with Crippen molar-refractivity contribution in [3.63, 3.8) is 0 Å². The molecule has 2 amide bonds. The quantitative estimate of drug-likeness (QED) is 0.482. The molecule has 0 heterocycles. The highest BCUT2D eigenvalue weighted by molar-refractivity contribution is 9.10. The van der Waals surface area contributed by atoms with E-state index in [1.165, 1.54) is 6.07 Å². The smallest absolute Gasteiger partial charge is 0.312 e. The van der Waals surface area contributed by atoms with Crippen LogP contribution in [0.15, 0.2) is 16.6 Å². The van der Waals surface area contributed by atoms with E-state index < -0.39 is 11.8 Å². The molecule has 0 aromatic heterocycles. The van der Waals surface area contributed by atoms with Crippen LogP contribution in [0.1, 0.15) is 5.56 Å². The van der Waals surface area contributed by atoms with Crippen LogP contribution in [0.3, 0.4) is 0 Å². The lowest BCUT2D eigenvalue weighted by atomic mass is 10.2. The number of nitrogens with one attached hydrogen (secondary N) is 2. The van der Waals surface area contributed by atoms with Gasteiger partial charge in [0.1, 0.15) is 4.99 Å². The molecule has 0 unspecified atom stereocenters. The van der Waals surface area contributed by atoms with Gasteiger partial charge in [-0.05, 0) is 28.1 Å². The molecule has 1 aromatic rings. The molecule has 1 aromatic carbocycles. The van der Waals surface area contributed by atoms with Gasteiger partial charge in [0.05, 0.1) is 10.2 Å². The summed E-state index contributed by atoms with van der Waals surface area (Å²) in [4.78, 5) is 10.5. The van der Waals surface area contributed by atoms with Crippen LogP contribution in [0.5, 0.6) is 0 Å². The minimum Gasteiger partial charge on any atom is -0.389 e. The van der Waals surface area contributed by atoms with E-state index in [1.807, 2.05) is 0 Å². The molecule has 0 fully saturated rings. The molecule has 0 aliphatic heterocycles. The number of rotatable bonds is 5. The molecule has 6 N–H and O–H groups in total. The molecule has 5 nitrogen and oxygen atoms in total. The second kappa shape index (κ2) is 6.50. The molecule has 1 rings (SSSR count). The highest BCUT2D eigenvalue weighted by atomic mass is 79.9. The molecule has 0 aliphatic carbocycles. The van der Waals surface area contributed by atoms with Gasteiger partial charge in [-0.15, -0.1) is 0 Å². The third-order valence-corrected chi connectivity index (χ3v) is 3.08. The first-order valence-corrected chi connectivity index (χ1v) is 6.18. The number of anilines is 1. The molecule has 0 bridgehead atoms. The first kappa shape index (κ1) is 14.7. The largest absolute Gasteiger partial charge is 0.389 e. The maximum absolute atomic E-state index is 13.9. The van der Waals surface area contributed by atoms with Gasteiger partial charge in [0, 0.05) is 18.7 Å². The van der Waals surface area contributed by atoms with Gasteiger partial charge < -0.3 is 22.1 Å². The van der Waals surface area contributed by atoms with Crippen LogP contribution in [0.4, 0.5) is 14.9 Å². The zero-order valence-corrected chi connectivity index (χ0v) is 11.7. The van der Waals surface area contributed by atoms with Gasteiger partial charge in [-0.25, -0.2) is 9.18 Å². The Bertz CT molecular complexity index is 483. The summed E-state index contributed by atoms with van der Waals surface area (Å²) in [6.45, 7) is 0.641. The van der Waals surface area contributed by atoms with Gasteiger partial charge in [0.2, 0.25) is 0 Å². The van der Waals surface area contributed by atoms with Crippen molar-refractivity contribution in [1.29, 1.82) is 0 Å². The van der Waals surface area contributed by atoms with Gasteiger partial charge >= 0.3 is 6.03 Å². The van der Waals surface area contributed by atoms with Crippen LogP contribution in [-0.2, 0) is 0 Å². The van der Waals surface area contributed by atoms with Crippen molar-refractivity contribution >= 4 is 44.9 Å². The zero-order chi connectivity index (χ0) is 13.7. The van der Waals surface area contributed by atoms with Crippen molar-refractivity contribution in [3.8, 4) is 0 Å². The zero-order valence-electron chi connectivity index (χ0n) is 9.30. The summed E-state index contributed by atoms with van der Waals surface area (Å²) in [7, 11) is 0. The van der Waals surface area contributed by atoms with Crippen LogP contribution >= 0.6 is 28.1 Å². The third-order valence-electron chi connectivity index (χ3n) is 2.09. The topological polar surface area (TPSA) is 93.2 Å². The molecule has 0 saturated carbocycles. The second-order valence-corrected chi connectivity index (χ2v) is 4.60. The fourth-order valence-corrected chi connectivity index (χ4v) is 2.12. The molecule has 98 valence electrons. The Balaban J connectivity index is 2.71. The van der Waals surface area contributed by atoms with Gasteiger partial charge in [-0.2, -0.15) is 0 Å². The Morgan fingerprint density at radius 1 is 1.39 bits per heavy atom. The molecule has 0 saturated heterocycles. The number of nitrogens with two attached hydrogens (primary N) is 2. The fourth-order valence-electron chi connectivity index (χ4n) is 1.26. The number of amides is 2. The minimum absolute atomic E-state index is 0.114. The van der Waals surface area contributed by atoms with Gasteiger partial charge in [0.15, 0.2) is 5.82 Å². The predicted molar refractivity (Wildman–Crippen MR) is 76.1 cm³/mol. The Morgan fingerprint density at radius 2 is 2.06 bits per heavy atom. The molecule has 0 radical (unpaired) electrons. The van der Waals surface area contributed by atoms with E-state index in [-0.39, 0.29) is 15.1 Å². The number of hydrogen-bond acceptors (Lipinski definition) is 3. The predicted octanol–water partition coefficient (Wildman–Crippen LogP) is 1.30. The van der Waals surface area contributed by atoms with E-state index in [2.05, 4.69) is 26.6 Å². The van der Waals surface area contributed by atoms with Crippen LogP contribution in [0.2, 0.25) is 0 Å². The van der Waals surface area contributed by atoms with E-state index >= 15 is 0 Å². The number of hydrogen-bond donors (Lipinski definition) is 4. The Hall–Kier alpha value is -1.41. The molecule has 0 atom stereocenters. The van der Waals surface area contributed by atoms with Crippen molar-refractivity contribution in [1.82, 2.24) is 5.32 Å². The minimum atomic E-state index is -0.623. The van der Waals surface area contributed by atoms with Crippen LogP contribution in [0.25, 0.3) is 0 Å². The van der Waals surface area contributed by atoms with Crippen molar-refractivity contribution < 1.29 is 9.18 Å². The number of carbonyl (C=O) groups is 1. The van der Waals surface area contributed by atoms with E-state index in [4.69, 9.17) is 23.7 Å². The van der Waals surface area contributed by atoms with Crippen molar-refractivity contribution in [2.45, 2.75) is 0 Å².